The van der Waals surface area contributed by atoms with Gasteiger partial charge < -0.3 is 14.2 Å². The maximum atomic E-state index is 11.6. The number of hydrogen-bond acceptors (Lipinski definition) is 5. The fourth-order valence-corrected chi connectivity index (χ4v) is 1.81. The predicted octanol–water partition coefficient (Wildman–Crippen LogP) is 3.70. The molecule has 0 N–H and O–H groups in total. The highest BCUT2D eigenvalue weighted by Gasteiger charge is 2.21. The summed E-state index contributed by atoms with van der Waals surface area (Å²) >= 11 is 0. The highest BCUT2D eigenvalue weighted by molar-refractivity contribution is 5.77. The quantitative estimate of drug-likeness (QED) is 0.636. The minimum Gasteiger partial charge on any atom is -0.437 e. The molecule has 0 spiro atoms. The first kappa shape index (κ1) is 14.6. The van der Waals surface area contributed by atoms with Gasteiger partial charge in [0.15, 0.2) is 6.10 Å². The van der Waals surface area contributed by atoms with Gasteiger partial charge in [-0.2, -0.15) is 0 Å². The van der Waals surface area contributed by atoms with Gasteiger partial charge in [0.2, 0.25) is 0 Å². The molecule has 0 heterocycles. The zero-order chi connectivity index (χ0) is 15.1. The van der Waals surface area contributed by atoms with Crippen molar-refractivity contribution in [3.63, 3.8) is 0 Å². The second-order valence-corrected chi connectivity index (χ2v) is 4.13. The van der Waals surface area contributed by atoms with Gasteiger partial charge >= 0.3 is 12.3 Å². The summed E-state index contributed by atoms with van der Waals surface area (Å²) in [5.41, 5.74) is 1.54. The second kappa shape index (κ2) is 7.09. The lowest BCUT2D eigenvalue weighted by Crippen LogP contribution is -2.17. The average Bonchev–Trinajstić information content (AvgIpc) is 2.54. The van der Waals surface area contributed by atoms with E-state index in [2.05, 4.69) is 9.47 Å². The van der Waals surface area contributed by atoms with Crippen LogP contribution in [0.4, 0.5) is 9.59 Å². The smallest absolute Gasteiger partial charge is 0.437 e. The highest BCUT2D eigenvalue weighted by atomic mass is 16.8. The Kier molecular flexibility index (Phi) is 4.93. The third-order valence-corrected chi connectivity index (χ3v) is 2.75. The largest absolute Gasteiger partial charge is 0.519 e. The highest BCUT2D eigenvalue weighted by Crippen LogP contribution is 2.26. The van der Waals surface area contributed by atoms with Crippen LogP contribution in [0.1, 0.15) is 17.2 Å². The lowest BCUT2D eigenvalue weighted by Gasteiger charge is -2.17. The fraction of sp³-hybridized carbons (Fsp3) is 0.125. The first-order chi connectivity index (χ1) is 10.2. The van der Waals surface area contributed by atoms with Crippen molar-refractivity contribution in [2.75, 3.05) is 7.11 Å². The molecule has 2 rings (SSSR count). The van der Waals surface area contributed by atoms with Crippen LogP contribution in [0.3, 0.4) is 0 Å². The van der Waals surface area contributed by atoms with Crippen molar-refractivity contribution in [3.05, 3.63) is 71.8 Å². The molecular weight excluding hydrogens is 272 g/mol. The Labute approximate surface area is 122 Å². The number of rotatable bonds is 3. The molecule has 0 bridgehead atoms. The first-order valence-electron chi connectivity index (χ1n) is 6.27. The molecule has 0 amide bonds. The number of carbonyl (C=O) groups excluding carboxylic acids is 2. The zero-order valence-electron chi connectivity index (χ0n) is 11.4. The average molecular weight is 286 g/mol. The van der Waals surface area contributed by atoms with E-state index in [1.165, 1.54) is 0 Å². The Morgan fingerprint density at radius 3 is 1.71 bits per heavy atom. The van der Waals surface area contributed by atoms with Gasteiger partial charge in [-0.3, -0.25) is 0 Å². The van der Waals surface area contributed by atoms with Gasteiger partial charge in [-0.25, -0.2) is 9.59 Å². The molecule has 108 valence electrons. The minimum absolute atomic E-state index is 0.662. The van der Waals surface area contributed by atoms with Crippen molar-refractivity contribution in [1.82, 2.24) is 0 Å². The summed E-state index contributed by atoms with van der Waals surface area (Å²) in [4.78, 5) is 22.6. The van der Waals surface area contributed by atoms with Crippen LogP contribution in [0.5, 0.6) is 0 Å². The Hall–Kier alpha value is -2.82. The van der Waals surface area contributed by atoms with Crippen LogP contribution in [-0.2, 0) is 14.2 Å². The molecule has 0 saturated heterocycles. The van der Waals surface area contributed by atoms with E-state index in [4.69, 9.17) is 4.74 Å². The zero-order valence-corrected chi connectivity index (χ0v) is 11.4. The van der Waals surface area contributed by atoms with Crippen LogP contribution < -0.4 is 0 Å². The van der Waals surface area contributed by atoms with E-state index in [0.29, 0.717) is 0 Å². The van der Waals surface area contributed by atoms with E-state index in [1.807, 2.05) is 60.7 Å². The molecule has 0 unspecified atom stereocenters. The molecule has 2 aromatic carbocycles. The molecule has 0 radical (unpaired) electrons. The number of carbonyl (C=O) groups is 2. The lowest BCUT2D eigenvalue weighted by molar-refractivity contribution is 0.0310. The van der Waals surface area contributed by atoms with Crippen molar-refractivity contribution in [2.24, 2.45) is 0 Å². The van der Waals surface area contributed by atoms with Crippen molar-refractivity contribution in [2.45, 2.75) is 6.10 Å². The van der Waals surface area contributed by atoms with Crippen LogP contribution >= 0.6 is 0 Å². The van der Waals surface area contributed by atoms with Gasteiger partial charge in [0.05, 0.1) is 7.11 Å². The molecule has 2 aromatic rings. The van der Waals surface area contributed by atoms with E-state index < -0.39 is 18.4 Å². The molecule has 0 aromatic heterocycles. The summed E-state index contributed by atoms with van der Waals surface area (Å²) in [5.74, 6) is 0. The first-order valence-corrected chi connectivity index (χ1v) is 6.27. The Bertz CT molecular complexity index is 555. The SMILES string of the molecule is COC(=O)OC(=O)OC(c1ccccc1)c1ccccc1. The second-order valence-electron chi connectivity index (χ2n) is 4.13. The summed E-state index contributed by atoms with van der Waals surface area (Å²) in [6, 6.07) is 18.3. The van der Waals surface area contributed by atoms with Crippen LogP contribution in [0, 0.1) is 0 Å². The van der Waals surface area contributed by atoms with Gasteiger partial charge in [-0.1, -0.05) is 60.7 Å². The fourth-order valence-electron chi connectivity index (χ4n) is 1.81. The molecule has 0 aliphatic heterocycles. The van der Waals surface area contributed by atoms with E-state index in [-0.39, 0.29) is 0 Å². The molecule has 5 heteroatoms. The van der Waals surface area contributed by atoms with E-state index in [1.54, 1.807) is 0 Å². The molecule has 0 saturated carbocycles. The van der Waals surface area contributed by atoms with Gasteiger partial charge in [-0.05, 0) is 11.1 Å². The number of methoxy groups -OCH3 is 1. The summed E-state index contributed by atoms with van der Waals surface area (Å²) in [5, 5.41) is 0. The molecule has 5 nitrogen and oxygen atoms in total. The van der Waals surface area contributed by atoms with Crippen molar-refractivity contribution < 1.29 is 23.8 Å². The predicted molar refractivity (Wildman–Crippen MR) is 74.7 cm³/mol. The number of hydrogen-bond donors (Lipinski definition) is 0. The molecule has 0 aliphatic carbocycles. The van der Waals surface area contributed by atoms with Gasteiger partial charge in [0, 0.05) is 0 Å². The van der Waals surface area contributed by atoms with Gasteiger partial charge in [0.1, 0.15) is 0 Å². The van der Waals surface area contributed by atoms with Crippen molar-refractivity contribution in [3.8, 4) is 0 Å². The lowest BCUT2D eigenvalue weighted by atomic mass is 10.0. The van der Waals surface area contributed by atoms with E-state index in [9.17, 15) is 9.59 Å². The Balaban J connectivity index is 2.21. The maximum Gasteiger partial charge on any atom is 0.519 e. The van der Waals surface area contributed by atoms with E-state index >= 15 is 0 Å². The monoisotopic (exact) mass is 286 g/mol. The summed E-state index contributed by atoms with van der Waals surface area (Å²) < 4.78 is 13.8. The molecule has 21 heavy (non-hydrogen) atoms. The third kappa shape index (κ3) is 4.07. The summed E-state index contributed by atoms with van der Waals surface area (Å²) in [6.45, 7) is 0. The van der Waals surface area contributed by atoms with Crippen LogP contribution in [-0.4, -0.2) is 19.4 Å². The Morgan fingerprint density at radius 1 is 0.810 bits per heavy atom. The normalized spacial score (nSPS) is 10.0. The maximum absolute atomic E-state index is 11.6. The van der Waals surface area contributed by atoms with Crippen molar-refractivity contribution in [1.29, 1.82) is 0 Å². The topological polar surface area (TPSA) is 61.8 Å². The Morgan fingerprint density at radius 2 is 1.29 bits per heavy atom. The third-order valence-electron chi connectivity index (χ3n) is 2.75. The van der Waals surface area contributed by atoms with Crippen LogP contribution in [0.25, 0.3) is 0 Å². The van der Waals surface area contributed by atoms with Crippen molar-refractivity contribution >= 4 is 12.3 Å². The number of benzene rings is 2. The summed E-state index contributed by atoms with van der Waals surface area (Å²) in [6.07, 6.45) is -2.89. The molecule has 0 aliphatic rings. The van der Waals surface area contributed by atoms with E-state index in [0.717, 1.165) is 18.2 Å². The van der Waals surface area contributed by atoms with Gasteiger partial charge in [0.25, 0.3) is 0 Å². The molecular formula is C16H14O5. The van der Waals surface area contributed by atoms with Crippen LogP contribution in [0.15, 0.2) is 60.7 Å². The van der Waals surface area contributed by atoms with Crippen LogP contribution in [0.2, 0.25) is 0 Å². The molecule has 0 atom stereocenters. The summed E-state index contributed by atoms with van der Waals surface area (Å²) in [7, 11) is 1.11. The number of ether oxygens (including phenoxy) is 3. The standard InChI is InChI=1S/C16H14O5/c1-19-15(17)21-16(18)20-14(12-8-4-2-5-9-12)13-10-6-3-7-11-13/h2-11,14H,1H3. The minimum atomic E-state index is -1.11. The molecule has 0 fully saturated rings. The van der Waals surface area contributed by atoms with Gasteiger partial charge in [-0.15, -0.1) is 0 Å².